The van der Waals surface area contributed by atoms with E-state index in [-0.39, 0.29) is 5.41 Å². The van der Waals surface area contributed by atoms with Crippen molar-refractivity contribution in [1.29, 1.82) is 0 Å². The molecule has 2 aliphatic carbocycles. The van der Waals surface area contributed by atoms with Crippen molar-refractivity contribution in [2.24, 2.45) is 16.5 Å². The molecule has 0 saturated heterocycles. The Morgan fingerprint density at radius 1 is 1.16 bits per heavy atom. The number of carbonyl (C=O) groups is 2. The monoisotopic (exact) mass is 448 g/mol. The first-order valence-corrected chi connectivity index (χ1v) is 11.1. The molecule has 0 unspecified atom stereocenters. The molecular weight excluding hydrogens is 412 g/mol. The third kappa shape index (κ3) is 6.53. The van der Waals surface area contributed by atoms with Crippen LogP contribution in [0.4, 0.5) is 0 Å². The van der Waals surface area contributed by atoms with Crippen LogP contribution in [0, 0.1) is 11.3 Å². The van der Waals surface area contributed by atoms with Crippen molar-refractivity contribution in [3.8, 4) is 0 Å². The van der Waals surface area contributed by atoms with Crippen LogP contribution in [0.15, 0.2) is 35.5 Å². The van der Waals surface area contributed by atoms with E-state index in [2.05, 4.69) is 61.4 Å². The topological polar surface area (TPSA) is 120 Å². The lowest BCUT2D eigenvalue weighted by Gasteiger charge is -2.48. The number of hydrogen-bond donors (Lipinski definition) is 3. The van der Waals surface area contributed by atoms with E-state index in [1.807, 2.05) is 6.21 Å². The van der Waals surface area contributed by atoms with Crippen molar-refractivity contribution in [2.45, 2.75) is 57.0 Å². The molecule has 2 aliphatic rings. The molecule has 0 amide bonds. The molecule has 0 aliphatic heterocycles. The van der Waals surface area contributed by atoms with Crippen molar-refractivity contribution in [3.63, 3.8) is 0 Å². The first-order chi connectivity index (χ1) is 15.1. The van der Waals surface area contributed by atoms with Crippen LogP contribution < -0.4 is 0 Å². The minimum Gasteiger partial charge on any atom is -0.473 e. The number of nitrogens with zero attached hydrogens (tertiary/aromatic N) is 2. The van der Waals surface area contributed by atoms with Crippen molar-refractivity contribution in [1.82, 2.24) is 4.90 Å². The summed E-state index contributed by atoms with van der Waals surface area (Å²) in [6.45, 7) is 3.92. The lowest BCUT2D eigenvalue weighted by Crippen LogP contribution is -2.49. The summed E-state index contributed by atoms with van der Waals surface area (Å²) in [6.07, 6.45) is 7.85. The molecule has 8 heteroatoms. The summed E-state index contributed by atoms with van der Waals surface area (Å²) < 4.78 is 0. The molecule has 0 spiro atoms. The van der Waals surface area contributed by atoms with Crippen molar-refractivity contribution >= 4 is 18.2 Å². The Balaban J connectivity index is 0.000000534. The maximum Gasteiger partial charge on any atom is 0.414 e. The normalized spacial score (nSPS) is 29.3. The average molecular weight is 449 g/mol. The van der Waals surface area contributed by atoms with Gasteiger partial charge in [0.1, 0.15) is 6.61 Å². The largest absolute Gasteiger partial charge is 0.473 e. The van der Waals surface area contributed by atoms with Gasteiger partial charge in [-0.3, -0.25) is 0 Å². The highest BCUT2D eigenvalue weighted by atomic mass is 16.6. The minimum atomic E-state index is -1.82. The molecule has 3 rings (SSSR count). The smallest absolute Gasteiger partial charge is 0.414 e. The number of hydrogen-bond acceptors (Lipinski definition) is 6. The summed E-state index contributed by atoms with van der Waals surface area (Å²) in [4.78, 5) is 25.8. The van der Waals surface area contributed by atoms with Gasteiger partial charge in [0.2, 0.25) is 0 Å². The zero-order chi connectivity index (χ0) is 23.8. The summed E-state index contributed by atoms with van der Waals surface area (Å²) in [5.41, 5.74) is 0.687. The SMILES string of the molecule is CN(C)CCCON=C[C@H]1CC[C@]2(O)C[C@@H](c3ccccc3)CC[C@]12C.O=C(O)C(=O)O. The van der Waals surface area contributed by atoms with Gasteiger partial charge in [0, 0.05) is 24.1 Å². The summed E-state index contributed by atoms with van der Waals surface area (Å²) in [5, 5.41) is 30.5. The number of fused-ring (bicyclic) bond motifs is 1. The average Bonchev–Trinajstić information content (AvgIpc) is 3.01. The van der Waals surface area contributed by atoms with E-state index in [1.165, 1.54) is 5.56 Å². The first kappa shape index (κ1) is 25.8. The van der Waals surface area contributed by atoms with Crippen LogP contribution in [-0.4, -0.2) is 71.2 Å². The molecule has 8 nitrogen and oxygen atoms in total. The van der Waals surface area contributed by atoms with Gasteiger partial charge in [0.15, 0.2) is 0 Å². The van der Waals surface area contributed by atoms with Crippen molar-refractivity contribution in [3.05, 3.63) is 35.9 Å². The predicted octanol–water partition coefficient (Wildman–Crippen LogP) is 3.21. The second-order valence-electron chi connectivity index (χ2n) is 9.30. The maximum atomic E-state index is 11.5. The Hall–Kier alpha value is -2.45. The fraction of sp³-hybridized carbons (Fsp3) is 0.625. The van der Waals surface area contributed by atoms with Crippen LogP contribution in [0.25, 0.3) is 0 Å². The van der Waals surface area contributed by atoms with Gasteiger partial charge in [-0.2, -0.15) is 0 Å². The zero-order valence-corrected chi connectivity index (χ0v) is 19.2. The summed E-state index contributed by atoms with van der Waals surface area (Å²) >= 11 is 0. The predicted molar refractivity (Wildman–Crippen MR) is 122 cm³/mol. The van der Waals surface area contributed by atoms with Crippen LogP contribution in [0.1, 0.15) is 56.9 Å². The highest BCUT2D eigenvalue weighted by Crippen LogP contribution is 2.60. The quantitative estimate of drug-likeness (QED) is 0.254. The molecule has 178 valence electrons. The van der Waals surface area contributed by atoms with Gasteiger partial charge in [-0.25, -0.2) is 9.59 Å². The van der Waals surface area contributed by atoms with Crippen LogP contribution in [-0.2, 0) is 14.4 Å². The Bertz CT molecular complexity index is 772. The third-order valence-corrected chi connectivity index (χ3v) is 6.96. The molecule has 3 N–H and O–H groups in total. The van der Waals surface area contributed by atoms with Gasteiger partial charge in [-0.1, -0.05) is 42.4 Å². The summed E-state index contributed by atoms with van der Waals surface area (Å²) in [6, 6.07) is 10.7. The number of oxime groups is 1. The fourth-order valence-electron chi connectivity index (χ4n) is 4.94. The van der Waals surface area contributed by atoms with E-state index in [0.717, 1.165) is 45.1 Å². The number of benzene rings is 1. The van der Waals surface area contributed by atoms with Gasteiger partial charge >= 0.3 is 11.9 Å². The summed E-state index contributed by atoms with van der Waals surface area (Å²) in [7, 11) is 4.13. The van der Waals surface area contributed by atoms with Crippen molar-refractivity contribution in [2.75, 3.05) is 27.2 Å². The highest BCUT2D eigenvalue weighted by molar-refractivity contribution is 6.27. The molecule has 0 bridgehead atoms. The van der Waals surface area contributed by atoms with Gasteiger partial charge in [-0.15, -0.1) is 0 Å². The Kier molecular flexibility index (Phi) is 9.21. The van der Waals surface area contributed by atoms with E-state index in [9.17, 15) is 5.11 Å². The van der Waals surface area contributed by atoms with Crippen LogP contribution in [0.3, 0.4) is 0 Å². The second kappa shape index (κ2) is 11.4. The van der Waals surface area contributed by atoms with Gasteiger partial charge < -0.3 is 25.1 Å². The lowest BCUT2D eigenvalue weighted by atomic mass is 9.59. The van der Waals surface area contributed by atoms with Gasteiger partial charge in [0.25, 0.3) is 0 Å². The second-order valence-corrected chi connectivity index (χ2v) is 9.30. The molecular formula is C24H36N2O6. The molecule has 2 saturated carbocycles. The van der Waals surface area contributed by atoms with Crippen LogP contribution in [0.5, 0.6) is 0 Å². The first-order valence-electron chi connectivity index (χ1n) is 11.1. The zero-order valence-electron chi connectivity index (χ0n) is 19.2. The van der Waals surface area contributed by atoms with Crippen LogP contribution >= 0.6 is 0 Å². The molecule has 2 fully saturated rings. The molecule has 32 heavy (non-hydrogen) atoms. The Morgan fingerprint density at radius 3 is 2.41 bits per heavy atom. The lowest BCUT2D eigenvalue weighted by molar-refractivity contribution is -0.159. The van der Waals surface area contributed by atoms with E-state index < -0.39 is 17.5 Å². The Labute approximate surface area is 189 Å². The van der Waals surface area contributed by atoms with Gasteiger partial charge in [0.05, 0.1) is 5.60 Å². The number of rotatable bonds is 7. The van der Waals surface area contributed by atoms with E-state index >= 15 is 0 Å². The van der Waals surface area contributed by atoms with E-state index in [1.54, 1.807) is 0 Å². The number of carboxylic acid groups (broad SMARTS) is 2. The number of carboxylic acids is 2. The molecule has 4 atom stereocenters. The summed E-state index contributed by atoms with van der Waals surface area (Å²) in [5.74, 6) is -2.88. The highest BCUT2D eigenvalue weighted by Gasteiger charge is 2.58. The van der Waals surface area contributed by atoms with E-state index in [0.29, 0.717) is 18.4 Å². The van der Waals surface area contributed by atoms with E-state index in [4.69, 9.17) is 24.6 Å². The minimum absolute atomic E-state index is 0.0885. The maximum absolute atomic E-state index is 11.5. The van der Waals surface area contributed by atoms with Crippen LogP contribution in [0.2, 0.25) is 0 Å². The standard InChI is InChI=1S/C22H34N2O2.C2H2O4/c1-21-12-10-19(18-8-5-4-6-9-18)16-22(21,25)13-11-20(21)17-23-26-15-7-14-24(2)3;3-1(4)2(5)6/h4-6,8-9,17,19-20,25H,7,10-16H2,1-3H3;(H,3,4)(H,5,6)/t19-,20+,21+,22-;/m0./s1. The molecule has 1 aromatic rings. The Morgan fingerprint density at radius 2 is 1.81 bits per heavy atom. The molecule has 0 heterocycles. The molecule has 0 aromatic heterocycles. The van der Waals surface area contributed by atoms with Crippen molar-refractivity contribution < 1.29 is 29.7 Å². The van der Waals surface area contributed by atoms with Gasteiger partial charge in [-0.05, 0) is 64.1 Å². The number of aliphatic carboxylic acids is 2. The fourth-order valence-corrected chi connectivity index (χ4v) is 4.94. The molecule has 1 aromatic carbocycles. The third-order valence-electron chi connectivity index (χ3n) is 6.96. The molecule has 0 radical (unpaired) electrons. The number of aliphatic hydroxyl groups is 1.